The molecule has 1 aromatic carbocycles. The smallest absolute Gasteiger partial charge is 0.305 e. The first-order valence-electron chi connectivity index (χ1n) is 29.9. The molecule has 0 saturated carbocycles. The van der Waals surface area contributed by atoms with E-state index in [9.17, 15) is 82.8 Å². The second-order valence-corrected chi connectivity index (χ2v) is 23.6. The fraction of sp³-hybridized carbons (Fsp3) is 0.672. The summed E-state index contributed by atoms with van der Waals surface area (Å²) in [6.07, 6.45) is 12.5. The summed E-state index contributed by atoms with van der Waals surface area (Å²) in [7, 11) is 0. The zero-order valence-corrected chi connectivity index (χ0v) is 51.9. The predicted molar refractivity (Wildman–Crippen MR) is 325 cm³/mol. The fourth-order valence-electron chi connectivity index (χ4n) is 8.98. The molecule has 0 aliphatic carbocycles. The number of aliphatic hydroxyl groups is 1. The van der Waals surface area contributed by atoms with Crippen molar-refractivity contribution in [3.63, 3.8) is 0 Å². The van der Waals surface area contributed by atoms with Crippen LogP contribution in [0.1, 0.15) is 173 Å². The van der Waals surface area contributed by atoms with E-state index in [0.717, 1.165) is 50.7 Å². The van der Waals surface area contributed by atoms with Gasteiger partial charge in [0.05, 0.1) is 19.1 Å². The SMILES string of the molecule is CCCCCCCCCCCCCCCCCC(=O)NCCC(=O)N[C@H]1CSCc2ccccc2CSC[C@@H](C(N)=O)NC(=O)[C@H](CCC(=O)O)NC(=O)CNC(=O)[C@H]([C@H](C)O)NC(=O)[C@H](CCC(=O)O)NC(=O)[C@H](C)NC(=O)[C@H](CC(=O)O)NC1=O. The molecule has 1 heterocycles. The molecule has 0 radical (unpaired) electrons. The van der Waals surface area contributed by atoms with E-state index >= 15 is 0 Å². The molecule has 0 aromatic heterocycles. The molecule has 0 saturated heterocycles. The van der Waals surface area contributed by atoms with Gasteiger partial charge in [0.25, 0.3) is 0 Å². The largest absolute Gasteiger partial charge is 0.481 e. The lowest BCUT2D eigenvalue weighted by Gasteiger charge is -2.26. The summed E-state index contributed by atoms with van der Waals surface area (Å²) in [5.74, 6) is -13.8. The van der Waals surface area contributed by atoms with Crippen molar-refractivity contribution in [3.05, 3.63) is 35.4 Å². The Morgan fingerprint density at radius 3 is 1.59 bits per heavy atom. The van der Waals surface area contributed by atoms with Crippen molar-refractivity contribution in [2.45, 2.75) is 222 Å². The quantitative estimate of drug-likeness (QED) is 0.0486. The van der Waals surface area contributed by atoms with Crippen LogP contribution in [0.4, 0.5) is 0 Å². The van der Waals surface area contributed by atoms with Crippen molar-refractivity contribution in [3.8, 4) is 0 Å². The number of thioether (sulfide) groups is 2. The lowest BCUT2D eigenvalue weighted by molar-refractivity contribution is -0.142. The van der Waals surface area contributed by atoms with Crippen LogP contribution < -0.4 is 53.6 Å². The van der Waals surface area contributed by atoms with Gasteiger partial charge in [-0.25, -0.2) is 0 Å². The molecule has 0 unspecified atom stereocenters. The number of primary amides is 1. The molecule has 2 rings (SSSR count). The number of aliphatic carboxylic acids is 3. The normalized spacial score (nSPS) is 21.3. The Labute approximate surface area is 516 Å². The van der Waals surface area contributed by atoms with Gasteiger partial charge in [0, 0.05) is 55.2 Å². The summed E-state index contributed by atoms with van der Waals surface area (Å²) in [5, 5.41) is 60.5. The number of benzene rings is 1. The molecule has 15 N–H and O–H groups in total. The number of carbonyl (C=O) groups is 13. The molecule has 0 bridgehead atoms. The summed E-state index contributed by atoms with van der Waals surface area (Å²) < 4.78 is 0. The number of nitrogens with one attached hydrogen (secondary N) is 9. The molecule has 10 amide bonds. The highest BCUT2D eigenvalue weighted by atomic mass is 32.2. The first-order valence-corrected chi connectivity index (χ1v) is 32.2. The zero-order valence-electron chi connectivity index (χ0n) is 50.2. The minimum atomic E-state index is -1.87. The third kappa shape index (κ3) is 33.6. The van der Waals surface area contributed by atoms with Crippen molar-refractivity contribution >= 4 is 101 Å². The number of aliphatic hydroxyl groups excluding tert-OH is 1. The maximum absolute atomic E-state index is 14.1. The van der Waals surface area contributed by atoms with Crippen LogP contribution in [0.3, 0.4) is 0 Å². The highest BCUT2D eigenvalue weighted by Crippen LogP contribution is 2.23. The van der Waals surface area contributed by atoms with E-state index in [1.54, 1.807) is 24.3 Å². The highest BCUT2D eigenvalue weighted by molar-refractivity contribution is 7.99. The van der Waals surface area contributed by atoms with Crippen LogP contribution in [0.5, 0.6) is 0 Å². The van der Waals surface area contributed by atoms with Gasteiger partial charge in [0.15, 0.2) is 0 Å². The maximum Gasteiger partial charge on any atom is 0.305 e. The Kier molecular flexibility index (Phi) is 38.1. The number of amides is 10. The molecule has 8 atom stereocenters. The zero-order chi connectivity index (χ0) is 64.7. The van der Waals surface area contributed by atoms with E-state index in [2.05, 4.69) is 54.8 Å². The second-order valence-electron chi connectivity index (χ2n) is 21.6. The number of carboxylic acid groups (broad SMARTS) is 3. The van der Waals surface area contributed by atoms with Gasteiger partial charge in [-0.05, 0) is 44.2 Å². The number of fused-ring (bicyclic) bond motifs is 1. The van der Waals surface area contributed by atoms with Gasteiger partial charge >= 0.3 is 17.9 Å². The van der Waals surface area contributed by atoms with Crippen molar-refractivity contribution < 1.29 is 82.8 Å². The molecular weight excluding hydrogens is 1170 g/mol. The Balaban J connectivity index is 2.37. The van der Waals surface area contributed by atoms with Crippen molar-refractivity contribution in [1.29, 1.82) is 0 Å². The molecule has 1 aromatic rings. The van der Waals surface area contributed by atoms with Gasteiger partial charge in [0.2, 0.25) is 59.1 Å². The van der Waals surface area contributed by atoms with Crippen LogP contribution in [0, 0.1) is 0 Å². The van der Waals surface area contributed by atoms with Crippen LogP contribution >= 0.6 is 23.5 Å². The summed E-state index contributed by atoms with van der Waals surface area (Å²) in [5.41, 5.74) is 7.14. The predicted octanol–water partition coefficient (Wildman–Crippen LogP) is 1.53. The Bertz CT molecular complexity index is 2440. The van der Waals surface area contributed by atoms with Crippen molar-refractivity contribution in [2.75, 3.05) is 24.6 Å². The molecule has 0 fully saturated rings. The summed E-state index contributed by atoms with van der Waals surface area (Å²) in [6, 6.07) is -4.41. The van der Waals surface area contributed by atoms with E-state index in [-0.39, 0.29) is 48.3 Å². The van der Waals surface area contributed by atoms with Crippen LogP contribution in [0.2, 0.25) is 0 Å². The average molecular weight is 1270 g/mol. The molecule has 29 heteroatoms. The number of hydrogen-bond donors (Lipinski definition) is 14. The molecule has 1 aliphatic rings. The molecule has 27 nitrogen and oxygen atoms in total. The van der Waals surface area contributed by atoms with Crippen LogP contribution in [-0.4, -0.2) is 170 Å². The molecule has 87 heavy (non-hydrogen) atoms. The van der Waals surface area contributed by atoms with Gasteiger partial charge in [0.1, 0.15) is 42.3 Å². The van der Waals surface area contributed by atoms with Gasteiger partial charge in [-0.1, -0.05) is 121 Å². The Morgan fingerprint density at radius 1 is 0.575 bits per heavy atom. The number of hydrogen-bond acceptors (Lipinski definition) is 16. The van der Waals surface area contributed by atoms with Gasteiger partial charge in [-0.2, -0.15) is 23.5 Å². The number of rotatable bonds is 30. The first-order chi connectivity index (χ1) is 41.4. The number of unbranched alkanes of at least 4 members (excludes halogenated alkanes) is 14. The van der Waals surface area contributed by atoms with E-state index in [1.807, 2.05) is 0 Å². The average Bonchev–Trinajstić information content (AvgIpc) is 3.55. The third-order valence-electron chi connectivity index (χ3n) is 14.0. The fourth-order valence-corrected chi connectivity index (χ4v) is 11.2. The monoisotopic (exact) mass is 1260 g/mol. The van der Waals surface area contributed by atoms with E-state index in [4.69, 9.17) is 5.73 Å². The van der Waals surface area contributed by atoms with E-state index in [0.29, 0.717) is 6.42 Å². The molecule has 0 spiro atoms. The minimum absolute atomic E-state index is 0.0720. The summed E-state index contributed by atoms with van der Waals surface area (Å²) in [4.78, 5) is 169. The van der Waals surface area contributed by atoms with E-state index < -0.39 is 158 Å². The highest BCUT2D eigenvalue weighted by Gasteiger charge is 2.34. The summed E-state index contributed by atoms with van der Waals surface area (Å²) >= 11 is 2.34. The second kappa shape index (κ2) is 43.6. The van der Waals surface area contributed by atoms with Gasteiger partial charge in [-0.15, -0.1) is 0 Å². The number of carbonyl (C=O) groups excluding carboxylic acids is 10. The van der Waals surface area contributed by atoms with Crippen molar-refractivity contribution in [1.82, 2.24) is 47.9 Å². The molecular formula is C58H92N10O17S2. The van der Waals surface area contributed by atoms with E-state index in [1.165, 1.54) is 87.7 Å². The third-order valence-corrected chi connectivity index (χ3v) is 16.2. The minimum Gasteiger partial charge on any atom is -0.481 e. The van der Waals surface area contributed by atoms with Crippen LogP contribution in [-0.2, 0) is 73.8 Å². The molecule has 1 aliphatic heterocycles. The standard InChI is InChI=1S/C58H92N10O17S2/c1-4-5-6-7-8-9-10-11-12-13-14-15-16-17-18-23-45(70)60-29-28-46(71)64-44-35-87-33-39-22-20-19-21-38(39)32-86-34-43(52(59)79)67-54(81)40(24-26-48(73)74)63-47(72)31-61-58(85)51(37(3)69)68-55(82)41(25-27-49(75)76)65-53(80)36(2)62-56(83)42(30-50(77)78)66-57(44)84/h19-22,36-37,40-44,51,69H,4-18,23-35H2,1-3H3,(H2,59,79)(H,60,70)(H,61,85)(H,62,83)(H,63,72)(H,64,71)(H,65,80)(H,66,84)(H,67,81)(H,68,82)(H,73,74)(H,75,76)(H,77,78)/t36-,37-,40-,41-,42-,43-,44-,51-/m0/s1. The lowest BCUT2D eigenvalue weighted by Crippen LogP contribution is -2.60. The topological polar surface area (TPSA) is 437 Å². The summed E-state index contributed by atoms with van der Waals surface area (Å²) in [6.45, 7) is 3.44. The number of nitrogens with two attached hydrogens (primary N) is 1. The Morgan fingerprint density at radius 2 is 1.07 bits per heavy atom. The lowest BCUT2D eigenvalue weighted by atomic mass is 10.0. The van der Waals surface area contributed by atoms with Gasteiger partial charge in [-0.3, -0.25) is 62.3 Å². The Hall–Kier alpha value is -7.01. The van der Waals surface area contributed by atoms with Gasteiger partial charge < -0.3 is 74.0 Å². The molecule has 488 valence electrons. The van der Waals surface area contributed by atoms with Crippen LogP contribution in [0.25, 0.3) is 0 Å². The first kappa shape index (κ1) is 76.1. The van der Waals surface area contributed by atoms with Crippen LogP contribution in [0.15, 0.2) is 24.3 Å². The maximum atomic E-state index is 14.1. The van der Waals surface area contributed by atoms with Crippen molar-refractivity contribution in [2.24, 2.45) is 5.73 Å². The number of carboxylic acids is 3.